The molecule has 1 N–H and O–H groups in total. The minimum atomic E-state index is 0.346. The van der Waals surface area contributed by atoms with E-state index in [2.05, 4.69) is 36.3 Å². The van der Waals surface area contributed by atoms with Crippen molar-refractivity contribution in [3.05, 3.63) is 10.0 Å². The van der Waals surface area contributed by atoms with Crippen LogP contribution >= 0.6 is 11.3 Å². The maximum atomic E-state index is 4.42. The van der Waals surface area contributed by atoms with E-state index >= 15 is 0 Å². The van der Waals surface area contributed by atoms with Crippen molar-refractivity contribution in [3.63, 3.8) is 0 Å². The van der Waals surface area contributed by atoms with Crippen LogP contribution in [0.3, 0.4) is 0 Å². The van der Waals surface area contributed by atoms with E-state index in [9.17, 15) is 0 Å². The Morgan fingerprint density at radius 2 is 2.00 bits per heavy atom. The van der Waals surface area contributed by atoms with Gasteiger partial charge < -0.3 is 5.32 Å². The number of aromatic nitrogens is 2. The van der Waals surface area contributed by atoms with E-state index in [1.807, 2.05) is 11.3 Å². The second kappa shape index (κ2) is 6.62. The first-order valence-corrected chi connectivity index (χ1v) is 8.09. The van der Waals surface area contributed by atoms with Gasteiger partial charge in [0, 0.05) is 5.92 Å². The molecule has 1 atom stereocenters. The van der Waals surface area contributed by atoms with E-state index in [0.29, 0.717) is 12.0 Å². The number of nitrogens with zero attached hydrogens (tertiary/aromatic N) is 2. The molecule has 102 valence electrons. The summed E-state index contributed by atoms with van der Waals surface area (Å²) in [6, 6.07) is 0.346. The highest BCUT2D eigenvalue weighted by Gasteiger charge is 2.23. The molecule has 0 saturated heterocycles. The molecule has 0 aromatic carbocycles. The Hall–Kier alpha value is -0.480. The van der Waals surface area contributed by atoms with Gasteiger partial charge in [-0.1, -0.05) is 38.0 Å². The Labute approximate surface area is 114 Å². The van der Waals surface area contributed by atoms with Gasteiger partial charge in [-0.25, -0.2) is 0 Å². The molecular formula is C14H25N3S. The van der Waals surface area contributed by atoms with Gasteiger partial charge in [-0.3, -0.25) is 0 Å². The highest BCUT2D eigenvalue weighted by Crippen LogP contribution is 2.37. The predicted octanol–water partition coefficient (Wildman–Crippen LogP) is 3.89. The number of nitrogens with one attached hydrogen (secondary N) is 1. The van der Waals surface area contributed by atoms with E-state index < -0.39 is 0 Å². The van der Waals surface area contributed by atoms with Crippen LogP contribution in [-0.2, 0) is 0 Å². The van der Waals surface area contributed by atoms with E-state index in [4.69, 9.17) is 0 Å². The summed E-state index contributed by atoms with van der Waals surface area (Å²) in [6.07, 6.45) is 6.46. The first-order chi connectivity index (χ1) is 8.70. The predicted molar refractivity (Wildman–Crippen MR) is 77.0 cm³/mol. The molecule has 1 aromatic heterocycles. The van der Waals surface area contributed by atoms with Crippen LogP contribution < -0.4 is 5.32 Å². The quantitative estimate of drug-likeness (QED) is 0.879. The van der Waals surface area contributed by atoms with Gasteiger partial charge in [-0.05, 0) is 38.6 Å². The minimum absolute atomic E-state index is 0.346. The van der Waals surface area contributed by atoms with Gasteiger partial charge in [-0.15, -0.1) is 10.2 Å². The molecular weight excluding hydrogens is 242 g/mol. The Morgan fingerprint density at radius 3 is 2.67 bits per heavy atom. The van der Waals surface area contributed by atoms with Crippen molar-refractivity contribution in [2.24, 2.45) is 5.92 Å². The Kier molecular flexibility index (Phi) is 5.13. The molecule has 0 aliphatic heterocycles. The first-order valence-electron chi connectivity index (χ1n) is 7.27. The van der Waals surface area contributed by atoms with E-state index in [1.54, 1.807) is 0 Å². The zero-order valence-corrected chi connectivity index (χ0v) is 12.6. The molecule has 1 aromatic rings. The van der Waals surface area contributed by atoms with Crippen LogP contribution in [0.15, 0.2) is 0 Å². The fourth-order valence-corrected chi connectivity index (χ4v) is 3.58. The normalized spacial score (nSPS) is 26.2. The van der Waals surface area contributed by atoms with Crippen molar-refractivity contribution >= 4 is 11.3 Å². The lowest BCUT2D eigenvalue weighted by molar-refractivity contribution is 0.346. The fraction of sp³-hybridized carbons (Fsp3) is 0.857. The third-order valence-corrected chi connectivity index (χ3v) is 5.16. The number of hydrogen-bond donors (Lipinski definition) is 1. The summed E-state index contributed by atoms with van der Waals surface area (Å²) < 4.78 is 0. The first kappa shape index (κ1) is 13.9. The standard InChI is InChI=1S/C14H25N3S/c1-4-9-15-11(3)13-16-17-14(18-13)12-7-5-10(2)6-8-12/h10-12,15H,4-9H2,1-3H3. The number of hydrogen-bond acceptors (Lipinski definition) is 4. The Balaban J connectivity index is 1.93. The molecule has 4 heteroatoms. The molecule has 1 heterocycles. The summed E-state index contributed by atoms with van der Waals surface area (Å²) in [4.78, 5) is 0. The third-order valence-electron chi connectivity index (χ3n) is 3.89. The summed E-state index contributed by atoms with van der Waals surface area (Å²) in [5, 5.41) is 14.7. The van der Waals surface area contributed by atoms with Gasteiger partial charge in [0.1, 0.15) is 10.0 Å². The van der Waals surface area contributed by atoms with E-state index in [-0.39, 0.29) is 0 Å². The summed E-state index contributed by atoms with van der Waals surface area (Å²) in [5.74, 6) is 1.57. The second-order valence-corrected chi connectivity index (χ2v) is 6.65. The van der Waals surface area contributed by atoms with Crippen LogP contribution in [0.1, 0.15) is 74.9 Å². The molecule has 0 spiro atoms. The zero-order chi connectivity index (χ0) is 13.0. The van der Waals surface area contributed by atoms with Gasteiger partial charge in [0.15, 0.2) is 0 Å². The summed E-state index contributed by atoms with van der Waals surface area (Å²) in [6.45, 7) is 7.78. The lowest BCUT2D eigenvalue weighted by atomic mass is 9.83. The van der Waals surface area contributed by atoms with Crippen LogP contribution in [0.4, 0.5) is 0 Å². The van der Waals surface area contributed by atoms with Crippen molar-refractivity contribution in [3.8, 4) is 0 Å². The molecule has 18 heavy (non-hydrogen) atoms. The van der Waals surface area contributed by atoms with Crippen molar-refractivity contribution in [1.82, 2.24) is 15.5 Å². The summed E-state index contributed by atoms with van der Waals surface area (Å²) >= 11 is 1.81. The summed E-state index contributed by atoms with van der Waals surface area (Å²) in [7, 11) is 0. The fourth-order valence-electron chi connectivity index (χ4n) is 2.54. The molecule has 0 bridgehead atoms. The van der Waals surface area contributed by atoms with Crippen LogP contribution in [0, 0.1) is 5.92 Å². The largest absolute Gasteiger partial charge is 0.308 e. The van der Waals surface area contributed by atoms with Gasteiger partial charge in [0.25, 0.3) is 0 Å². The van der Waals surface area contributed by atoms with Crippen molar-refractivity contribution in [2.45, 2.75) is 64.8 Å². The van der Waals surface area contributed by atoms with Gasteiger partial charge in [0.2, 0.25) is 0 Å². The van der Waals surface area contributed by atoms with Gasteiger partial charge in [-0.2, -0.15) is 0 Å². The molecule has 2 rings (SSSR count). The molecule has 1 aliphatic rings. The van der Waals surface area contributed by atoms with Gasteiger partial charge in [0.05, 0.1) is 6.04 Å². The third kappa shape index (κ3) is 3.51. The molecule has 0 amide bonds. The molecule has 1 unspecified atom stereocenters. The topological polar surface area (TPSA) is 37.8 Å². The average molecular weight is 267 g/mol. The van der Waals surface area contributed by atoms with E-state index in [0.717, 1.165) is 23.9 Å². The lowest BCUT2D eigenvalue weighted by Crippen LogP contribution is -2.19. The minimum Gasteiger partial charge on any atom is -0.308 e. The molecule has 0 radical (unpaired) electrons. The van der Waals surface area contributed by atoms with Crippen molar-refractivity contribution in [2.75, 3.05) is 6.54 Å². The Morgan fingerprint density at radius 1 is 1.28 bits per heavy atom. The molecule has 1 aliphatic carbocycles. The molecule has 3 nitrogen and oxygen atoms in total. The SMILES string of the molecule is CCCNC(C)c1nnc(C2CCC(C)CC2)s1. The smallest absolute Gasteiger partial charge is 0.134 e. The van der Waals surface area contributed by atoms with Crippen LogP contribution in [0.5, 0.6) is 0 Å². The highest BCUT2D eigenvalue weighted by atomic mass is 32.1. The second-order valence-electron chi connectivity index (χ2n) is 5.61. The number of rotatable bonds is 5. The van der Waals surface area contributed by atoms with Crippen molar-refractivity contribution in [1.29, 1.82) is 0 Å². The maximum Gasteiger partial charge on any atom is 0.134 e. The highest BCUT2D eigenvalue weighted by molar-refractivity contribution is 7.11. The van der Waals surface area contributed by atoms with Crippen molar-refractivity contribution < 1.29 is 0 Å². The monoisotopic (exact) mass is 267 g/mol. The summed E-state index contributed by atoms with van der Waals surface area (Å²) in [5.41, 5.74) is 0. The Bertz CT molecular complexity index is 356. The van der Waals surface area contributed by atoms with Crippen LogP contribution in [0.2, 0.25) is 0 Å². The maximum absolute atomic E-state index is 4.42. The average Bonchev–Trinajstić information content (AvgIpc) is 2.86. The lowest BCUT2D eigenvalue weighted by Gasteiger charge is -2.23. The van der Waals surface area contributed by atoms with Crippen LogP contribution in [0.25, 0.3) is 0 Å². The van der Waals surface area contributed by atoms with Gasteiger partial charge >= 0.3 is 0 Å². The molecule has 1 fully saturated rings. The molecule has 1 saturated carbocycles. The zero-order valence-electron chi connectivity index (χ0n) is 11.8. The van der Waals surface area contributed by atoms with E-state index in [1.165, 1.54) is 30.7 Å². The van der Waals surface area contributed by atoms with Crippen LogP contribution in [-0.4, -0.2) is 16.7 Å².